The first-order valence-corrected chi connectivity index (χ1v) is 17.4. The number of benzene rings is 4. The van der Waals surface area contributed by atoms with E-state index in [1.807, 2.05) is 11.3 Å². The number of pyridine rings is 1. The van der Waals surface area contributed by atoms with Gasteiger partial charge >= 0.3 is 0 Å². The molecule has 0 aliphatic carbocycles. The van der Waals surface area contributed by atoms with Gasteiger partial charge in [-0.05, 0) is 71.1 Å². The molecule has 6 aromatic rings. The molecule has 0 atom stereocenters. The van der Waals surface area contributed by atoms with E-state index in [1.165, 1.54) is 81.3 Å². The third-order valence-electron chi connectivity index (χ3n) is 7.55. The van der Waals surface area contributed by atoms with E-state index in [2.05, 4.69) is 119 Å². The van der Waals surface area contributed by atoms with Crippen molar-refractivity contribution >= 4 is 61.1 Å². The lowest BCUT2D eigenvalue weighted by Crippen LogP contribution is -2.30. The number of rotatable bonds is 3. The van der Waals surface area contributed by atoms with Gasteiger partial charge in [0.2, 0.25) is 5.69 Å². The van der Waals surface area contributed by atoms with Crippen LogP contribution in [0.15, 0.2) is 66.9 Å². The molecule has 0 N–H and O–H groups in total. The number of hydrogen-bond acceptors (Lipinski definition) is 1. The van der Waals surface area contributed by atoms with E-state index in [1.54, 1.807) is 0 Å². The molecular weight excluding hydrogens is 471 g/mol. The molecule has 2 aromatic heterocycles. The Labute approximate surface area is 219 Å². The normalized spacial score (nSPS) is 12.4. The lowest BCUT2D eigenvalue weighted by atomic mass is 9.93. The van der Waals surface area contributed by atoms with Crippen molar-refractivity contribution < 1.29 is 4.57 Å². The maximum absolute atomic E-state index is 2.47. The van der Waals surface area contributed by atoms with Gasteiger partial charge in [0.25, 0.3) is 0 Å². The largest absolute Gasteiger partial charge is 0.230 e. The summed E-state index contributed by atoms with van der Waals surface area (Å²) in [5, 5.41) is 8.20. The van der Waals surface area contributed by atoms with Crippen molar-refractivity contribution in [2.45, 2.75) is 46.5 Å². The van der Waals surface area contributed by atoms with Crippen molar-refractivity contribution in [3.8, 4) is 11.3 Å². The Kier molecular flexibility index (Phi) is 5.37. The number of fused-ring (bicyclic) bond motifs is 6. The molecule has 0 unspecified atom stereocenters. The Bertz CT molecular complexity index is 1840. The van der Waals surface area contributed by atoms with Gasteiger partial charge in [-0.3, -0.25) is 0 Å². The molecule has 0 spiro atoms. The van der Waals surface area contributed by atoms with Crippen molar-refractivity contribution in [2.75, 3.05) is 0 Å². The number of thiophene rings is 1. The summed E-state index contributed by atoms with van der Waals surface area (Å²) in [7, 11) is 1.01. The predicted molar refractivity (Wildman–Crippen MR) is 162 cm³/mol. The first-order valence-electron chi connectivity index (χ1n) is 12.9. The topological polar surface area (TPSA) is 3.88 Å². The average Bonchev–Trinajstić information content (AvgIpc) is 3.18. The maximum Gasteiger partial charge on any atom is 0.230 e. The van der Waals surface area contributed by atoms with Crippen LogP contribution in [-0.2, 0) is 13.1 Å². The van der Waals surface area contributed by atoms with E-state index in [-0.39, 0.29) is 0 Å². The quantitative estimate of drug-likeness (QED) is 0.167. The van der Waals surface area contributed by atoms with Crippen LogP contribution in [0.25, 0.3) is 53.0 Å². The van der Waals surface area contributed by atoms with Crippen LogP contribution in [0.2, 0.25) is 19.6 Å². The summed E-state index contributed by atoms with van der Waals surface area (Å²) in [5.74, 6) is 0. The molecule has 0 bridgehead atoms. The number of nitrogens with zero attached hydrogens (tertiary/aromatic N) is 1. The zero-order chi connectivity index (χ0) is 25.4. The predicted octanol–water partition coefficient (Wildman–Crippen LogP) is 9.20. The highest BCUT2D eigenvalue weighted by Crippen LogP contribution is 2.43. The highest BCUT2D eigenvalue weighted by Gasteiger charge is 2.23. The van der Waals surface area contributed by atoms with Crippen LogP contribution >= 0.6 is 11.3 Å². The average molecular weight is 505 g/mol. The van der Waals surface area contributed by atoms with Crippen LogP contribution in [0, 0.1) is 20.8 Å². The van der Waals surface area contributed by atoms with Crippen LogP contribution < -0.4 is 4.57 Å². The molecule has 180 valence electrons. The first kappa shape index (κ1) is 23.4. The van der Waals surface area contributed by atoms with Gasteiger partial charge in [0, 0.05) is 29.6 Å². The van der Waals surface area contributed by atoms with Crippen molar-refractivity contribution in [3.63, 3.8) is 0 Å². The van der Waals surface area contributed by atoms with E-state index >= 15 is 0 Å². The van der Waals surface area contributed by atoms with E-state index < -0.39 is 8.07 Å². The van der Waals surface area contributed by atoms with Gasteiger partial charge in [-0.15, -0.1) is 11.3 Å². The second-order valence-electron chi connectivity index (χ2n) is 11.8. The van der Waals surface area contributed by atoms with Gasteiger partial charge in [-0.25, -0.2) is 0 Å². The third-order valence-corrected chi connectivity index (χ3v) is 10.3. The van der Waals surface area contributed by atoms with E-state index in [9.17, 15) is 0 Å². The fourth-order valence-corrected chi connectivity index (χ4v) is 8.80. The molecule has 6 rings (SSSR count). The minimum absolute atomic E-state index is 1.18. The number of aromatic nitrogens is 1. The summed E-state index contributed by atoms with van der Waals surface area (Å²) in [5.41, 5.74) is 8.17. The summed E-state index contributed by atoms with van der Waals surface area (Å²) < 4.78 is 5.11. The van der Waals surface area contributed by atoms with Gasteiger partial charge in [0.1, 0.15) is 11.7 Å². The summed E-state index contributed by atoms with van der Waals surface area (Å²) in [4.78, 5) is 0. The fraction of sp³-hybridized carbons (Fsp3) is 0.242. The van der Waals surface area contributed by atoms with E-state index in [0.29, 0.717) is 0 Å². The molecule has 0 aliphatic heterocycles. The molecule has 36 heavy (non-hydrogen) atoms. The zero-order valence-corrected chi connectivity index (χ0v) is 24.2. The van der Waals surface area contributed by atoms with Gasteiger partial charge in [0.15, 0.2) is 6.20 Å². The summed E-state index contributed by atoms with van der Waals surface area (Å²) >= 11 is 1.96. The van der Waals surface area contributed by atoms with E-state index in [4.69, 9.17) is 0 Å². The lowest BCUT2D eigenvalue weighted by molar-refractivity contribution is -0.659. The molecule has 0 amide bonds. The van der Waals surface area contributed by atoms with Crippen LogP contribution in [0.4, 0.5) is 0 Å². The molecule has 0 saturated carbocycles. The molecule has 0 fully saturated rings. The standard InChI is InChI=1S/C33H34NSSi/c1-20-16-21(2)25-12-13-26(22(3)29(25)17-20)31-33-28(14-15-34(31)4)27-11-10-24-9-8-23(19-36(5,6)7)18-30(24)32(27)35-33/h8-18H,19H2,1-7H3/q+1. The Hall–Kier alpha value is -3.01. The smallest absolute Gasteiger partial charge is 0.200 e. The molecule has 2 heterocycles. The fourth-order valence-electron chi connectivity index (χ4n) is 5.94. The Morgan fingerprint density at radius 3 is 2.22 bits per heavy atom. The maximum atomic E-state index is 2.47. The highest BCUT2D eigenvalue weighted by molar-refractivity contribution is 7.27. The van der Waals surface area contributed by atoms with Crippen molar-refractivity contribution in [1.82, 2.24) is 0 Å². The number of aryl methyl sites for hydroxylation is 4. The van der Waals surface area contributed by atoms with Crippen LogP contribution in [0.5, 0.6) is 0 Å². The van der Waals surface area contributed by atoms with Crippen LogP contribution in [-0.4, -0.2) is 8.07 Å². The summed E-state index contributed by atoms with van der Waals surface area (Å²) in [6, 6.07) is 24.6. The Balaban J connectivity index is 1.66. The monoisotopic (exact) mass is 504 g/mol. The van der Waals surface area contributed by atoms with Gasteiger partial charge in [0.05, 0.1) is 5.56 Å². The highest BCUT2D eigenvalue weighted by atomic mass is 32.1. The Morgan fingerprint density at radius 2 is 1.44 bits per heavy atom. The minimum Gasteiger partial charge on any atom is -0.200 e. The molecular formula is C33H34NSSi+. The minimum atomic E-state index is -1.18. The van der Waals surface area contributed by atoms with Gasteiger partial charge in [-0.1, -0.05) is 73.7 Å². The Morgan fingerprint density at radius 1 is 0.722 bits per heavy atom. The molecule has 3 heteroatoms. The first-order chi connectivity index (χ1) is 17.1. The second-order valence-corrected chi connectivity index (χ2v) is 18.3. The van der Waals surface area contributed by atoms with Crippen molar-refractivity contribution in [3.05, 3.63) is 89.1 Å². The van der Waals surface area contributed by atoms with Crippen molar-refractivity contribution in [2.24, 2.45) is 7.05 Å². The lowest BCUT2D eigenvalue weighted by Gasteiger charge is -2.16. The number of hydrogen-bond donors (Lipinski definition) is 0. The van der Waals surface area contributed by atoms with E-state index in [0.717, 1.165) is 0 Å². The molecule has 0 aliphatic rings. The van der Waals surface area contributed by atoms with Crippen LogP contribution in [0.3, 0.4) is 0 Å². The second kappa shape index (κ2) is 8.26. The van der Waals surface area contributed by atoms with Gasteiger partial charge < -0.3 is 0 Å². The molecule has 0 saturated heterocycles. The van der Waals surface area contributed by atoms with Crippen molar-refractivity contribution in [1.29, 1.82) is 0 Å². The molecule has 1 nitrogen and oxygen atoms in total. The zero-order valence-electron chi connectivity index (χ0n) is 22.4. The van der Waals surface area contributed by atoms with Crippen LogP contribution in [0.1, 0.15) is 22.3 Å². The molecule has 0 radical (unpaired) electrons. The summed E-state index contributed by atoms with van der Waals surface area (Å²) in [6.07, 6.45) is 2.24. The van der Waals surface area contributed by atoms with Gasteiger partial charge in [-0.2, -0.15) is 4.57 Å². The SMILES string of the molecule is Cc1cc(C)c2ccc(-c3c4sc5c6cc(C[Si](C)(C)C)ccc6ccc5c4cc[n+]3C)c(C)c2c1. The summed E-state index contributed by atoms with van der Waals surface area (Å²) in [6.45, 7) is 14.1. The third kappa shape index (κ3) is 3.77. The molecule has 4 aromatic carbocycles.